The third-order valence-corrected chi connectivity index (χ3v) is 6.52. The highest BCUT2D eigenvalue weighted by Crippen LogP contribution is 2.29. The van der Waals surface area contributed by atoms with E-state index >= 15 is 0 Å². The average Bonchev–Trinajstić information content (AvgIpc) is 2.83. The molecular formula is C13H20BrClN2O2S. The van der Waals surface area contributed by atoms with Gasteiger partial charge in [-0.15, -0.1) is 12.4 Å². The smallest absolute Gasteiger partial charge is 0.243 e. The van der Waals surface area contributed by atoms with E-state index in [-0.39, 0.29) is 18.3 Å². The molecule has 1 aliphatic rings. The normalized spacial score (nSPS) is 19.9. The molecule has 0 spiro atoms. The molecular weight excluding hydrogens is 364 g/mol. The number of sulfonamides is 1. The molecule has 1 aliphatic heterocycles. The van der Waals surface area contributed by atoms with Crippen molar-refractivity contribution < 1.29 is 8.42 Å². The van der Waals surface area contributed by atoms with Gasteiger partial charge in [0.1, 0.15) is 0 Å². The van der Waals surface area contributed by atoms with Gasteiger partial charge in [0.25, 0.3) is 0 Å². The molecule has 1 aromatic carbocycles. The Morgan fingerprint density at radius 2 is 2.00 bits per heavy atom. The number of hydrogen-bond acceptors (Lipinski definition) is 3. The topological polar surface area (TPSA) is 63.4 Å². The lowest BCUT2D eigenvalue weighted by molar-refractivity contribution is 0.458. The molecule has 1 aromatic rings. The van der Waals surface area contributed by atoms with Gasteiger partial charge in [-0.3, -0.25) is 0 Å². The fourth-order valence-electron chi connectivity index (χ4n) is 2.38. The van der Waals surface area contributed by atoms with Crippen LogP contribution in [-0.4, -0.2) is 32.4 Å². The maximum absolute atomic E-state index is 12.7. The molecule has 1 atom stereocenters. The highest BCUT2D eigenvalue weighted by Gasteiger charge is 2.32. The highest BCUT2D eigenvalue weighted by molar-refractivity contribution is 9.10. The van der Waals surface area contributed by atoms with Crippen LogP contribution in [0.4, 0.5) is 0 Å². The van der Waals surface area contributed by atoms with Crippen LogP contribution in [0.15, 0.2) is 21.5 Å². The summed E-state index contributed by atoms with van der Waals surface area (Å²) < 4.78 is 27.8. The molecule has 2 N–H and O–H groups in total. The first-order valence-electron chi connectivity index (χ1n) is 6.33. The van der Waals surface area contributed by atoms with Gasteiger partial charge in [-0.2, -0.15) is 4.31 Å². The van der Waals surface area contributed by atoms with Gasteiger partial charge in [-0.25, -0.2) is 8.42 Å². The molecule has 1 unspecified atom stereocenters. The summed E-state index contributed by atoms with van der Waals surface area (Å²) >= 11 is 3.43. The monoisotopic (exact) mass is 382 g/mol. The van der Waals surface area contributed by atoms with Crippen LogP contribution >= 0.6 is 28.3 Å². The summed E-state index contributed by atoms with van der Waals surface area (Å²) in [7, 11) is -3.39. The number of nitrogens with zero attached hydrogens (tertiary/aromatic N) is 1. The molecule has 20 heavy (non-hydrogen) atoms. The fourth-order valence-corrected chi connectivity index (χ4v) is 4.66. The summed E-state index contributed by atoms with van der Waals surface area (Å²) in [4.78, 5) is 0.408. The predicted octanol–water partition coefficient (Wildman–Crippen LogP) is 2.46. The Labute approximate surface area is 135 Å². The van der Waals surface area contributed by atoms with Crippen molar-refractivity contribution in [3.05, 3.63) is 27.7 Å². The van der Waals surface area contributed by atoms with E-state index in [1.165, 1.54) is 0 Å². The molecule has 0 aliphatic carbocycles. The fraction of sp³-hybridized carbons (Fsp3) is 0.538. The maximum atomic E-state index is 12.7. The number of rotatable bonds is 3. The molecule has 4 nitrogen and oxygen atoms in total. The van der Waals surface area contributed by atoms with E-state index < -0.39 is 10.0 Å². The van der Waals surface area contributed by atoms with Gasteiger partial charge in [0.2, 0.25) is 10.0 Å². The second-order valence-corrected chi connectivity index (χ2v) is 7.88. The van der Waals surface area contributed by atoms with Crippen molar-refractivity contribution in [3.8, 4) is 0 Å². The predicted molar refractivity (Wildman–Crippen MR) is 86.8 cm³/mol. The molecule has 1 saturated heterocycles. The largest absolute Gasteiger partial charge is 0.330 e. The first kappa shape index (κ1) is 17.9. The standard InChI is InChI=1S/C13H19BrN2O2S.ClH/c1-9-6-13(10(2)5-12(9)14)19(17,18)16-4-3-11(7-15)8-16;/h5-6,11H,3-4,7-8,15H2,1-2H3;1H. The Morgan fingerprint density at radius 1 is 1.35 bits per heavy atom. The zero-order valence-electron chi connectivity index (χ0n) is 11.6. The van der Waals surface area contributed by atoms with Crippen molar-refractivity contribution in [1.29, 1.82) is 0 Å². The quantitative estimate of drug-likeness (QED) is 0.872. The van der Waals surface area contributed by atoms with Gasteiger partial charge >= 0.3 is 0 Å². The summed E-state index contributed by atoms with van der Waals surface area (Å²) in [6.45, 7) is 5.37. The minimum atomic E-state index is -3.39. The summed E-state index contributed by atoms with van der Waals surface area (Å²) in [6, 6.07) is 3.60. The van der Waals surface area contributed by atoms with Crippen molar-refractivity contribution >= 4 is 38.4 Å². The van der Waals surface area contributed by atoms with Crippen molar-refractivity contribution in [3.63, 3.8) is 0 Å². The number of aryl methyl sites for hydroxylation is 2. The van der Waals surface area contributed by atoms with Gasteiger partial charge < -0.3 is 5.73 Å². The van der Waals surface area contributed by atoms with Crippen molar-refractivity contribution in [1.82, 2.24) is 4.31 Å². The van der Waals surface area contributed by atoms with Crippen LogP contribution in [0.5, 0.6) is 0 Å². The van der Waals surface area contributed by atoms with Crippen LogP contribution < -0.4 is 5.73 Å². The lowest BCUT2D eigenvalue weighted by Gasteiger charge is -2.18. The summed E-state index contributed by atoms with van der Waals surface area (Å²) in [5.74, 6) is 0.284. The van der Waals surface area contributed by atoms with Crippen LogP contribution in [-0.2, 0) is 10.0 Å². The third kappa shape index (κ3) is 3.36. The highest BCUT2D eigenvalue weighted by atomic mass is 79.9. The molecule has 2 rings (SSSR count). The maximum Gasteiger partial charge on any atom is 0.243 e. The SMILES string of the molecule is Cc1cc(S(=O)(=O)N2CCC(CN)C2)c(C)cc1Br.Cl. The summed E-state index contributed by atoms with van der Waals surface area (Å²) in [5.41, 5.74) is 7.33. The van der Waals surface area contributed by atoms with Gasteiger partial charge in [0.15, 0.2) is 0 Å². The van der Waals surface area contributed by atoms with Crippen LogP contribution in [0.2, 0.25) is 0 Å². The van der Waals surface area contributed by atoms with E-state index in [0.717, 1.165) is 22.0 Å². The molecule has 1 heterocycles. The molecule has 0 saturated carbocycles. The van der Waals surface area contributed by atoms with Crippen molar-refractivity contribution in [2.45, 2.75) is 25.2 Å². The first-order valence-corrected chi connectivity index (χ1v) is 8.56. The number of nitrogens with two attached hydrogens (primary N) is 1. The van der Waals surface area contributed by atoms with Crippen molar-refractivity contribution in [2.24, 2.45) is 11.7 Å². The second kappa shape index (κ2) is 6.75. The van der Waals surface area contributed by atoms with Gasteiger partial charge in [0.05, 0.1) is 4.90 Å². The van der Waals surface area contributed by atoms with Crippen LogP contribution in [0.3, 0.4) is 0 Å². The van der Waals surface area contributed by atoms with Crippen LogP contribution in [0.1, 0.15) is 17.5 Å². The zero-order chi connectivity index (χ0) is 14.2. The third-order valence-electron chi connectivity index (χ3n) is 3.66. The average molecular weight is 384 g/mol. The van der Waals surface area contributed by atoms with E-state index in [1.807, 2.05) is 19.9 Å². The molecule has 0 bridgehead atoms. The van der Waals surface area contributed by atoms with Gasteiger partial charge in [-0.1, -0.05) is 15.9 Å². The first-order chi connectivity index (χ1) is 8.86. The summed E-state index contributed by atoms with van der Waals surface area (Å²) in [6.07, 6.45) is 0.851. The Morgan fingerprint density at radius 3 is 2.55 bits per heavy atom. The Kier molecular flexibility index (Phi) is 6.04. The zero-order valence-corrected chi connectivity index (χ0v) is 14.8. The van der Waals surface area contributed by atoms with E-state index in [1.54, 1.807) is 10.4 Å². The van der Waals surface area contributed by atoms with Crippen LogP contribution in [0, 0.1) is 19.8 Å². The van der Waals surface area contributed by atoms with Gasteiger partial charge in [0, 0.05) is 17.6 Å². The number of hydrogen-bond donors (Lipinski definition) is 1. The summed E-state index contributed by atoms with van der Waals surface area (Å²) in [5, 5.41) is 0. The molecule has 0 amide bonds. The van der Waals surface area contributed by atoms with E-state index in [9.17, 15) is 8.42 Å². The Balaban J connectivity index is 0.00000200. The molecule has 0 radical (unpaired) electrons. The Bertz CT molecular complexity index is 592. The van der Waals surface area contributed by atoms with E-state index in [4.69, 9.17) is 5.73 Å². The molecule has 7 heteroatoms. The van der Waals surface area contributed by atoms with Crippen molar-refractivity contribution in [2.75, 3.05) is 19.6 Å². The lowest BCUT2D eigenvalue weighted by atomic mass is 10.1. The van der Waals surface area contributed by atoms with Crippen LogP contribution in [0.25, 0.3) is 0 Å². The van der Waals surface area contributed by atoms with E-state index in [2.05, 4.69) is 15.9 Å². The Hall–Kier alpha value is -0.140. The van der Waals surface area contributed by atoms with Gasteiger partial charge in [-0.05, 0) is 56.0 Å². The lowest BCUT2D eigenvalue weighted by Crippen LogP contribution is -2.30. The molecule has 114 valence electrons. The minimum absolute atomic E-state index is 0. The van der Waals surface area contributed by atoms with E-state index in [0.29, 0.717) is 24.5 Å². The second-order valence-electron chi connectivity index (χ2n) is 5.12. The molecule has 0 aromatic heterocycles. The number of halogens is 2. The number of benzene rings is 1. The minimum Gasteiger partial charge on any atom is -0.330 e. The molecule has 1 fully saturated rings.